The van der Waals surface area contributed by atoms with Crippen LogP contribution < -0.4 is 10.2 Å². The summed E-state index contributed by atoms with van der Waals surface area (Å²) in [7, 11) is 3.92. The van der Waals surface area contributed by atoms with E-state index < -0.39 is 0 Å². The molecule has 3 nitrogen and oxygen atoms in total. The molecule has 0 aliphatic rings. The highest BCUT2D eigenvalue weighted by atomic mass is 16.1. The molecule has 0 heterocycles. The van der Waals surface area contributed by atoms with Crippen LogP contribution in [0.5, 0.6) is 0 Å². The van der Waals surface area contributed by atoms with Crippen LogP contribution in [0.4, 0.5) is 11.4 Å². The molecule has 0 saturated heterocycles. The summed E-state index contributed by atoms with van der Waals surface area (Å²) in [5.41, 5.74) is 4.54. The molecule has 0 atom stereocenters. The Labute approximate surface area is 142 Å². The SMILES string of the molecule is CN(C)c1cccc(C(=O)Nc2ccccc2-c2ccccc2)c1. The average Bonchev–Trinajstić information content (AvgIpc) is 2.63. The maximum absolute atomic E-state index is 12.6. The lowest BCUT2D eigenvalue weighted by Gasteiger charge is -2.14. The summed E-state index contributed by atoms with van der Waals surface area (Å²) in [4.78, 5) is 14.6. The van der Waals surface area contributed by atoms with Crippen molar-refractivity contribution in [2.24, 2.45) is 0 Å². The third-order valence-corrected chi connectivity index (χ3v) is 3.88. The third-order valence-electron chi connectivity index (χ3n) is 3.88. The van der Waals surface area contributed by atoms with Crippen LogP contribution in [0.1, 0.15) is 10.4 Å². The molecule has 0 unspecified atom stereocenters. The first-order chi connectivity index (χ1) is 11.6. The summed E-state index contributed by atoms with van der Waals surface area (Å²) in [6, 6.07) is 25.5. The van der Waals surface area contributed by atoms with Crippen LogP contribution in [0.2, 0.25) is 0 Å². The van der Waals surface area contributed by atoms with Gasteiger partial charge in [0.1, 0.15) is 0 Å². The number of amides is 1. The van der Waals surface area contributed by atoms with Crippen molar-refractivity contribution in [3.63, 3.8) is 0 Å². The molecule has 3 heteroatoms. The van der Waals surface area contributed by atoms with Gasteiger partial charge in [-0.15, -0.1) is 0 Å². The monoisotopic (exact) mass is 316 g/mol. The second kappa shape index (κ2) is 7.01. The molecule has 0 aromatic heterocycles. The minimum atomic E-state index is -0.109. The van der Waals surface area contributed by atoms with Crippen LogP contribution in [-0.4, -0.2) is 20.0 Å². The number of nitrogens with one attached hydrogen (secondary N) is 1. The van der Waals surface area contributed by atoms with E-state index in [0.717, 1.165) is 22.5 Å². The average molecular weight is 316 g/mol. The number of anilines is 2. The minimum absolute atomic E-state index is 0.109. The molecule has 0 spiro atoms. The van der Waals surface area contributed by atoms with Crippen molar-refractivity contribution < 1.29 is 4.79 Å². The first-order valence-corrected chi connectivity index (χ1v) is 7.88. The molecule has 0 saturated carbocycles. The fourth-order valence-corrected chi connectivity index (χ4v) is 2.58. The van der Waals surface area contributed by atoms with E-state index in [1.807, 2.05) is 97.9 Å². The number of rotatable bonds is 4. The van der Waals surface area contributed by atoms with Crippen molar-refractivity contribution in [1.29, 1.82) is 0 Å². The van der Waals surface area contributed by atoms with Gasteiger partial charge in [0.15, 0.2) is 0 Å². The fourth-order valence-electron chi connectivity index (χ4n) is 2.58. The maximum atomic E-state index is 12.6. The lowest BCUT2D eigenvalue weighted by Crippen LogP contribution is -2.14. The van der Waals surface area contributed by atoms with Crippen LogP contribution >= 0.6 is 0 Å². The standard InChI is InChI=1S/C21H20N2O/c1-23(2)18-12-8-11-17(15-18)21(24)22-20-14-7-6-13-19(20)16-9-4-3-5-10-16/h3-15H,1-2H3,(H,22,24). The van der Waals surface area contributed by atoms with Gasteiger partial charge in [0.25, 0.3) is 5.91 Å². The summed E-state index contributed by atoms with van der Waals surface area (Å²) < 4.78 is 0. The Hall–Kier alpha value is -3.07. The van der Waals surface area contributed by atoms with Crippen molar-refractivity contribution in [3.05, 3.63) is 84.4 Å². The molecule has 3 rings (SSSR count). The molecular formula is C21H20N2O. The minimum Gasteiger partial charge on any atom is -0.378 e. The maximum Gasteiger partial charge on any atom is 0.255 e. The predicted molar refractivity (Wildman–Crippen MR) is 101 cm³/mol. The Morgan fingerprint density at radius 2 is 1.54 bits per heavy atom. The van der Waals surface area contributed by atoms with Gasteiger partial charge in [-0.25, -0.2) is 0 Å². The molecule has 0 aliphatic carbocycles. The zero-order valence-corrected chi connectivity index (χ0v) is 13.9. The molecule has 3 aromatic rings. The van der Waals surface area contributed by atoms with Crippen LogP contribution in [0.3, 0.4) is 0 Å². The summed E-state index contributed by atoms with van der Waals surface area (Å²) in [5, 5.41) is 3.03. The number of hydrogen-bond acceptors (Lipinski definition) is 2. The van der Waals surface area contributed by atoms with Crippen LogP contribution in [0.25, 0.3) is 11.1 Å². The molecule has 120 valence electrons. The van der Waals surface area contributed by atoms with Gasteiger partial charge in [-0.05, 0) is 29.8 Å². The van der Waals surface area contributed by atoms with Crippen molar-refractivity contribution in [1.82, 2.24) is 0 Å². The molecule has 0 bridgehead atoms. The van der Waals surface area contributed by atoms with Gasteiger partial charge in [-0.2, -0.15) is 0 Å². The summed E-state index contributed by atoms with van der Waals surface area (Å²) in [6.45, 7) is 0. The zero-order chi connectivity index (χ0) is 16.9. The largest absolute Gasteiger partial charge is 0.378 e. The van der Waals surface area contributed by atoms with Gasteiger partial charge in [-0.3, -0.25) is 4.79 Å². The van der Waals surface area contributed by atoms with E-state index in [1.54, 1.807) is 0 Å². The van der Waals surface area contributed by atoms with Crippen molar-refractivity contribution >= 4 is 17.3 Å². The Bertz CT molecular complexity index is 841. The summed E-state index contributed by atoms with van der Waals surface area (Å²) in [6.07, 6.45) is 0. The Morgan fingerprint density at radius 3 is 2.29 bits per heavy atom. The van der Waals surface area contributed by atoms with E-state index in [1.165, 1.54) is 0 Å². The molecule has 1 N–H and O–H groups in total. The number of benzene rings is 3. The van der Waals surface area contributed by atoms with Crippen molar-refractivity contribution in [2.45, 2.75) is 0 Å². The summed E-state index contributed by atoms with van der Waals surface area (Å²) >= 11 is 0. The number of hydrogen-bond donors (Lipinski definition) is 1. The van der Waals surface area contributed by atoms with E-state index in [4.69, 9.17) is 0 Å². The van der Waals surface area contributed by atoms with Gasteiger partial charge in [0.2, 0.25) is 0 Å². The normalized spacial score (nSPS) is 10.2. The van der Waals surface area contributed by atoms with E-state index in [9.17, 15) is 4.79 Å². The Morgan fingerprint density at radius 1 is 0.833 bits per heavy atom. The second-order valence-corrected chi connectivity index (χ2v) is 5.81. The zero-order valence-electron chi connectivity index (χ0n) is 13.9. The highest BCUT2D eigenvalue weighted by Crippen LogP contribution is 2.28. The van der Waals surface area contributed by atoms with Gasteiger partial charge < -0.3 is 10.2 Å². The Balaban J connectivity index is 1.89. The molecule has 1 amide bonds. The van der Waals surface area contributed by atoms with E-state index in [-0.39, 0.29) is 5.91 Å². The predicted octanol–water partition coefficient (Wildman–Crippen LogP) is 4.67. The first-order valence-electron chi connectivity index (χ1n) is 7.88. The molecular weight excluding hydrogens is 296 g/mol. The fraction of sp³-hybridized carbons (Fsp3) is 0.0952. The second-order valence-electron chi connectivity index (χ2n) is 5.81. The first kappa shape index (κ1) is 15.8. The summed E-state index contributed by atoms with van der Waals surface area (Å²) in [5.74, 6) is -0.109. The lowest BCUT2D eigenvalue weighted by molar-refractivity contribution is 0.102. The van der Waals surface area contributed by atoms with E-state index in [0.29, 0.717) is 5.56 Å². The molecule has 0 aliphatic heterocycles. The topological polar surface area (TPSA) is 32.3 Å². The van der Waals surface area contributed by atoms with Crippen LogP contribution in [0.15, 0.2) is 78.9 Å². The van der Waals surface area contributed by atoms with E-state index in [2.05, 4.69) is 5.32 Å². The van der Waals surface area contributed by atoms with Gasteiger partial charge in [0.05, 0.1) is 0 Å². The molecule has 3 aromatic carbocycles. The molecule has 0 fully saturated rings. The number of carbonyl (C=O) groups is 1. The lowest BCUT2D eigenvalue weighted by atomic mass is 10.0. The van der Waals surface area contributed by atoms with Crippen molar-refractivity contribution in [3.8, 4) is 11.1 Å². The highest BCUT2D eigenvalue weighted by molar-refractivity contribution is 6.06. The van der Waals surface area contributed by atoms with Crippen molar-refractivity contribution in [2.75, 3.05) is 24.3 Å². The van der Waals surface area contributed by atoms with Gasteiger partial charge in [-0.1, -0.05) is 54.6 Å². The highest BCUT2D eigenvalue weighted by Gasteiger charge is 2.11. The number of nitrogens with zero attached hydrogens (tertiary/aromatic N) is 1. The molecule has 24 heavy (non-hydrogen) atoms. The Kier molecular flexibility index (Phi) is 4.62. The number of carbonyl (C=O) groups excluding carboxylic acids is 1. The molecule has 0 radical (unpaired) electrons. The quantitative estimate of drug-likeness (QED) is 0.758. The van der Waals surface area contributed by atoms with Crippen LogP contribution in [-0.2, 0) is 0 Å². The number of para-hydroxylation sites is 1. The third kappa shape index (κ3) is 3.46. The van der Waals surface area contributed by atoms with Gasteiger partial charge >= 0.3 is 0 Å². The smallest absolute Gasteiger partial charge is 0.255 e. The van der Waals surface area contributed by atoms with Crippen LogP contribution in [0, 0.1) is 0 Å². The van der Waals surface area contributed by atoms with E-state index >= 15 is 0 Å². The van der Waals surface area contributed by atoms with Gasteiger partial charge in [0, 0.05) is 36.6 Å².